The van der Waals surface area contributed by atoms with Crippen LogP contribution in [-0.2, 0) is 0 Å². The standard InChI is InChI=1S/C14H32N/c1-9-15(10-2,11-3)14(7,8)12-13(4,5)6/h9-12H2,1-8H3/q+1. The molecule has 1 heteroatoms. The predicted molar refractivity (Wildman–Crippen MR) is 70.0 cm³/mol. The highest BCUT2D eigenvalue weighted by Crippen LogP contribution is 2.35. The van der Waals surface area contributed by atoms with E-state index in [0.29, 0.717) is 11.0 Å². The zero-order valence-electron chi connectivity index (χ0n) is 12.3. The van der Waals surface area contributed by atoms with Gasteiger partial charge in [0.05, 0.1) is 25.2 Å². The smallest absolute Gasteiger partial charge is 0.0940 e. The summed E-state index contributed by atoms with van der Waals surface area (Å²) >= 11 is 0. The molecule has 0 rings (SSSR count). The molecular weight excluding hydrogens is 182 g/mol. The van der Waals surface area contributed by atoms with Gasteiger partial charge < -0.3 is 4.48 Å². The average Bonchev–Trinajstić information content (AvgIpc) is 2.03. The van der Waals surface area contributed by atoms with Gasteiger partial charge in [-0.2, -0.15) is 0 Å². The molecule has 92 valence electrons. The normalized spacial score (nSPS) is 14.4. The van der Waals surface area contributed by atoms with Gasteiger partial charge in [-0.05, 0) is 40.0 Å². The van der Waals surface area contributed by atoms with Crippen molar-refractivity contribution in [2.24, 2.45) is 5.41 Å². The molecule has 0 aromatic carbocycles. The molecule has 0 spiro atoms. The molecule has 15 heavy (non-hydrogen) atoms. The SMILES string of the molecule is CC[N+](CC)(CC)C(C)(C)CC(C)(C)C. The number of hydrogen-bond donors (Lipinski definition) is 0. The van der Waals surface area contributed by atoms with Crippen LogP contribution < -0.4 is 0 Å². The van der Waals surface area contributed by atoms with Crippen LogP contribution in [-0.4, -0.2) is 29.7 Å². The number of quaternary nitrogens is 1. The fourth-order valence-corrected chi connectivity index (χ4v) is 3.42. The van der Waals surface area contributed by atoms with Crippen molar-refractivity contribution in [2.75, 3.05) is 19.6 Å². The quantitative estimate of drug-likeness (QED) is 0.605. The van der Waals surface area contributed by atoms with E-state index in [1.54, 1.807) is 0 Å². The molecule has 0 N–H and O–H groups in total. The minimum Gasteiger partial charge on any atom is -0.320 e. The maximum Gasteiger partial charge on any atom is 0.0940 e. The Bertz CT molecular complexity index is 174. The Hall–Kier alpha value is -0.0400. The van der Waals surface area contributed by atoms with Gasteiger partial charge in [0.1, 0.15) is 0 Å². The minimum absolute atomic E-state index is 0.385. The molecule has 0 radical (unpaired) electrons. The van der Waals surface area contributed by atoms with Crippen LogP contribution in [0.1, 0.15) is 61.8 Å². The van der Waals surface area contributed by atoms with Crippen molar-refractivity contribution in [3.8, 4) is 0 Å². The Kier molecular flexibility index (Phi) is 4.85. The summed E-state index contributed by atoms with van der Waals surface area (Å²) in [5.41, 5.74) is 0.809. The van der Waals surface area contributed by atoms with Crippen LogP contribution in [0.15, 0.2) is 0 Å². The summed E-state index contributed by atoms with van der Waals surface area (Å²) in [4.78, 5) is 0. The molecule has 0 amide bonds. The van der Waals surface area contributed by atoms with Crippen LogP contribution in [0.5, 0.6) is 0 Å². The van der Waals surface area contributed by atoms with Gasteiger partial charge in [-0.1, -0.05) is 20.8 Å². The van der Waals surface area contributed by atoms with Gasteiger partial charge in [0.25, 0.3) is 0 Å². The van der Waals surface area contributed by atoms with Gasteiger partial charge in [0.2, 0.25) is 0 Å². The van der Waals surface area contributed by atoms with Crippen LogP contribution in [0.3, 0.4) is 0 Å². The molecular formula is C14H32N+. The Balaban J connectivity index is 4.95. The van der Waals surface area contributed by atoms with Crippen LogP contribution in [0.4, 0.5) is 0 Å². The van der Waals surface area contributed by atoms with E-state index in [1.165, 1.54) is 30.5 Å². The predicted octanol–water partition coefficient (Wildman–Crippen LogP) is 4.08. The number of hydrogen-bond acceptors (Lipinski definition) is 0. The van der Waals surface area contributed by atoms with E-state index < -0.39 is 0 Å². The van der Waals surface area contributed by atoms with Crippen LogP contribution in [0.2, 0.25) is 0 Å². The second-order valence-corrected chi connectivity index (χ2v) is 6.64. The van der Waals surface area contributed by atoms with Crippen molar-refractivity contribution < 1.29 is 4.48 Å². The molecule has 0 aliphatic heterocycles. The fraction of sp³-hybridized carbons (Fsp3) is 1.00. The Labute approximate surface area is 97.5 Å². The summed E-state index contributed by atoms with van der Waals surface area (Å²) in [6.07, 6.45) is 1.29. The van der Waals surface area contributed by atoms with E-state index in [4.69, 9.17) is 0 Å². The zero-order chi connectivity index (χ0) is 12.3. The van der Waals surface area contributed by atoms with Crippen LogP contribution in [0.25, 0.3) is 0 Å². The molecule has 0 heterocycles. The highest BCUT2D eigenvalue weighted by molar-refractivity contribution is 4.78. The maximum atomic E-state index is 2.44. The first-order valence-electron chi connectivity index (χ1n) is 6.50. The molecule has 0 fully saturated rings. The van der Waals surface area contributed by atoms with Gasteiger partial charge >= 0.3 is 0 Å². The Morgan fingerprint density at radius 1 is 0.733 bits per heavy atom. The lowest BCUT2D eigenvalue weighted by atomic mass is 9.79. The van der Waals surface area contributed by atoms with Crippen molar-refractivity contribution in [1.82, 2.24) is 0 Å². The van der Waals surface area contributed by atoms with Crippen molar-refractivity contribution >= 4 is 0 Å². The Morgan fingerprint density at radius 3 is 1.27 bits per heavy atom. The van der Waals surface area contributed by atoms with Gasteiger partial charge in [0, 0.05) is 6.42 Å². The summed E-state index contributed by atoms with van der Waals surface area (Å²) in [6, 6.07) is 0. The van der Waals surface area contributed by atoms with Gasteiger partial charge in [-0.15, -0.1) is 0 Å². The summed E-state index contributed by atoms with van der Waals surface area (Å²) in [5, 5.41) is 0. The van der Waals surface area contributed by atoms with Gasteiger partial charge in [-0.25, -0.2) is 0 Å². The third kappa shape index (κ3) is 3.48. The summed E-state index contributed by atoms with van der Waals surface area (Å²) in [7, 11) is 0. The summed E-state index contributed by atoms with van der Waals surface area (Å²) in [6.45, 7) is 22.7. The van der Waals surface area contributed by atoms with E-state index in [-0.39, 0.29) is 0 Å². The molecule has 0 atom stereocenters. The lowest BCUT2D eigenvalue weighted by Gasteiger charge is -2.51. The minimum atomic E-state index is 0.385. The van der Waals surface area contributed by atoms with E-state index in [2.05, 4.69) is 55.4 Å². The van der Waals surface area contributed by atoms with E-state index in [0.717, 1.165) is 0 Å². The molecule has 1 nitrogen and oxygen atoms in total. The summed E-state index contributed by atoms with van der Waals surface area (Å²) < 4.78 is 1.24. The van der Waals surface area contributed by atoms with E-state index >= 15 is 0 Å². The summed E-state index contributed by atoms with van der Waals surface area (Å²) in [5.74, 6) is 0. The van der Waals surface area contributed by atoms with Crippen LogP contribution in [0, 0.1) is 5.41 Å². The number of rotatable bonds is 5. The third-order valence-corrected chi connectivity index (χ3v) is 4.06. The lowest BCUT2D eigenvalue weighted by molar-refractivity contribution is -0.969. The lowest BCUT2D eigenvalue weighted by Crippen LogP contribution is -2.62. The van der Waals surface area contributed by atoms with Gasteiger partial charge in [-0.3, -0.25) is 0 Å². The first-order valence-corrected chi connectivity index (χ1v) is 6.50. The van der Waals surface area contributed by atoms with Crippen molar-refractivity contribution in [3.63, 3.8) is 0 Å². The second kappa shape index (κ2) is 4.86. The van der Waals surface area contributed by atoms with Crippen molar-refractivity contribution in [1.29, 1.82) is 0 Å². The Morgan fingerprint density at radius 2 is 1.07 bits per heavy atom. The maximum absolute atomic E-state index is 2.44. The topological polar surface area (TPSA) is 0 Å². The van der Waals surface area contributed by atoms with Crippen molar-refractivity contribution in [2.45, 2.75) is 67.3 Å². The first kappa shape index (κ1) is 15.0. The van der Waals surface area contributed by atoms with Gasteiger partial charge in [0.15, 0.2) is 0 Å². The zero-order valence-corrected chi connectivity index (χ0v) is 12.3. The molecule has 0 saturated heterocycles. The first-order chi connectivity index (χ1) is 6.64. The largest absolute Gasteiger partial charge is 0.320 e. The average molecular weight is 214 g/mol. The van der Waals surface area contributed by atoms with E-state index in [1.807, 2.05) is 0 Å². The molecule has 0 aliphatic carbocycles. The fourth-order valence-electron chi connectivity index (χ4n) is 3.42. The highest BCUT2D eigenvalue weighted by atomic mass is 15.4. The molecule has 0 aliphatic rings. The molecule has 0 unspecified atom stereocenters. The molecule has 0 saturated carbocycles. The third-order valence-electron chi connectivity index (χ3n) is 4.06. The molecule has 0 bridgehead atoms. The monoisotopic (exact) mass is 214 g/mol. The van der Waals surface area contributed by atoms with Crippen LogP contribution >= 0.6 is 0 Å². The van der Waals surface area contributed by atoms with E-state index in [9.17, 15) is 0 Å². The number of nitrogens with zero attached hydrogens (tertiary/aromatic N) is 1. The highest BCUT2D eigenvalue weighted by Gasteiger charge is 2.42. The molecule has 0 aromatic heterocycles. The van der Waals surface area contributed by atoms with Crippen molar-refractivity contribution in [3.05, 3.63) is 0 Å². The second-order valence-electron chi connectivity index (χ2n) is 6.64. The molecule has 0 aromatic rings.